The zero-order valence-electron chi connectivity index (χ0n) is 9.75. The molecule has 0 saturated heterocycles. The Kier molecular flexibility index (Phi) is 9.35. The van der Waals surface area contributed by atoms with Crippen LogP contribution in [0.2, 0.25) is 0 Å². The molecule has 86 valence electrons. The summed E-state index contributed by atoms with van der Waals surface area (Å²) in [5.74, 6) is 0.593. The van der Waals surface area contributed by atoms with Gasteiger partial charge in [0, 0.05) is 19.3 Å². The number of hydrogen-bond acceptors (Lipinski definition) is 3. The summed E-state index contributed by atoms with van der Waals surface area (Å²) >= 11 is 0. The van der Waals surface area contributed by atoms with Crippen LogP contribution in [-0.4, -0.2) is 37.5 Å². The highest BCUT2D eigenvalue weighted by Crippen LogP contribution is 2.02. The average Bonchev–Trinajstić information content (AvgIpc) is 2.16. The zero-order valence-corrected chi connectivity index (χ0v) is 9.75. The van der Waals surface area contributed by atoms with Gasteiger partial charge in [-0.1, -0.05) is 13.8 Å². The predicted molar refractivity (Wildman–Crippen MR) is 59.4 cm³/mol. The summed E-state index contributed by atoms with van der Waals surface area (Å²) in [6.07, 6.45) is 1.91. The van der Waals surface area contributed by atoms with Crippen LogP contribution in [0, 0.1) is 5.92 Å². The first-order chi connectivity index (χ1) is 6.72. The fraction of sp³-hybridized carbons (Fsp3) is 1.00. The monoisotopic (exact) mass is 203 g/mol. The normalized spacial score (nSPS) is 13.5. The van der Waals surface area contributed by atoms with E-state index < -0.39 is 0 Å². The standard InChI is InChI=1S/C11H25NO2/c1-4-14-9-11(10(2)3)12-7-5-6-8-13/h10-13H,4-9H2,1-3H3. The number of aliphatic hydroxyl groups excluding tert-OH is 1. The first kappa shape index (κ1) is 13.9. The van der Waals surface area contributed by atoms with Crippen LogP contribution in [0.25, 0.3) is 0 Å². The van der Waals surface area contributed by atoms with Gasteiger partial charge in [-0.15, -0.1) is 0 Å². The van der Waals surface area contributed by atoms with Crippen molar-refractivity contribution in [3.05, 3.63) is 0 Å². The molecular weight excluding hydrogens is 178 g/mol. The first-order valence-corrected chi connectivity index (χ1v) is 5.64. The van der Waals surface area contributed by atoms with Gasteiger partial charge in [-0.2, -0.15) is 0 Å². The minimum absolute atomic E-state index is 0.291. The van der Waals surface area contributed by atoms with E-state index in [1.807, 2.05) is 6.92 Å². The molecule has 3 nitrogen and oxygen atoms in total. The van der Waals surface area contributed by atoms with Gasteiger partial charge in [-0.25, -0.2) is 0 Å². The molecule has 0 bridgehead atoms. The molecule has 0 aliphatic rings. The van der Waals surface area contributed by atoms with Crippen LogP contribution < -0.4 is 5.32 Å². The van der Waals surface area contributed by atoms with Crippen molar-refractivity contribution >= 4 is 0 Å². The van der Waals surface area contributed by atoms with E-state index in [1.165, 1.54) is 0 Å². The number of unbranched alkanes of at least 4 members (excludes halogenated alkanes) is 1. The van der Waals surface area contributed by atoms with Crippen LogP contribution in [0.3, 0.4) is 0 Å². The van der Waals surface area contributed by atoms with Crippen molar-refractivity contribution in [1.29, 1.82) is 0 Å². The third-order valence-electron chi connectivity index (χ3n) is 2.30. The average molecular weight is 203 g/mol. The van der Waals surface area contributed by atoms with Crippen molar-refractivity contribution in [2.24, 2.45) is 5.92 Å². The summed E-state index contributed by atoms with van der Waals surface area (Å²) in [4.78, 5) is 0. The van der Waals surface area contributed by atoms with Crippen molar-refractivity contribution < 1.29 is 9.84 Å². The van der Waals surface area contributed by atoms with Gasteiger partial charge in [-0.05, 0) is 32.2 Å². The van der Waals surface area contributed by atoms with Crippen LogP contribution in [-0.2, 0) is 4.74 Å². The molecule has 0 radical (unpaired) electrons. The van der Waals surface area contributed by atoms with Gasteiger partial charge >= 0.3 is 0 Å². The lowest BCUT2D eigenvalue weighted by molar-refractivity contribution is 0.108. The third kappa shape index (κ3) is 7.30. The fourth-order valence-corrected chi connectivity index (χ4v) is 1.26. The lowest BCUT2D eigenvalue weighted by Gasteiger charge is -2.22. The van der Waals surface area contributed by atoms with Gasteiger partial charge in [0.25, 0.3) is 0 Å². The first-order valence-electron chi connectivity index (χ1n) is 5.64. The van der Waals surface area contributed by atoms with E-state index in [0.717, 1.165) is 32.6 Å². The number of hydrogen-bond donors (Lipinski definition) is 2. The van der Waals surface area contributed by atoms with Crippen LogP contribution in [0.5, 0.6) is 0 Å². The molecule has 0 spiro atoms. The summed E-state index contributed by atoms with van der Waals surface area (Å²) in [6, 6.07) is 0.439. The van der Waals surface area contributed by atoms with E-state index in [4.69, 9.17) is 9.84 Å². The summed E-state index contributed by atoms with van der Waals surface area (Å²) < 4.78 is 5.40. The van der Waals surface area contributed by atoms with Crippen LogP contribution in [0.15, 0.2) is 0 Å². The van der Waals surface area contributed by atoms with Crippen molar-refractivity contribution in [2.45, 2.75) is 39.7 Å². The Morgan fingerprint density at radius 1 is 1.29 bits per heavy atom. The molecule has 0 aliphatic heterocycles. The van der Waals surface area contributed by atoms with E-state index in [9.17, 15) is 0 Å². The molecule has 0 aromatic heterocycles. The Hall–Kier alpha value is -0.120. The van der Waals surface area contributed by atoms with Crippen LogP contribution in [0.4, 0.5) is 0 Å². The molecule has 3 heteroatoms. The second-order valence-electron chi connectivity index (χ2n) is 3.89. The molecule has 14 heavy (non-hydrogen) atoms. The molecule has 0 aromatic carbocycles. The minimum atomic E-state index is 0.291. The van der Waals surface area contributed by atoms with E-state index in [1.54, 1.807) is 0 Å². The van der Waals surface area contributed by atoms with Gasteiger partial charge < -0.3 is 15.2 Å². The Labute approximate surface area is 87.8 Å². The van der Waals surface area contributed by atoms with E-state index in [0.29, 0.717) is 18.6 Å². The molecular formula is C11H25NO2. The van der Waals surface area contributed by atoms with Gasteiger partial charge in [0.1, 0.15) is 0 Å². The molecule has 0 aromatic rings. The molecule has 0 heterocycles. The second-order valence-corrected chi connectivity index (χ2v) is 3.89. The minimum Gasteiger partial charge on any atom is -0.396 e. The maximum absolute atomic E-state index is 8.63. The lowest BCUT2D eigenvalue weighted by atomic mass is 10.1. The Morgan fingerprint density at radius 2 is 2.00 bits per heavy atom. The highest BCUT2D eigenvalue weighted by molar-refractivity contribution is 4.69. The summed E-state index contributed by atoms with van der Waals surface area (Å²) in [6.45, 7) is 9.24. The highest BCUT2D eigenvalue weighted by atomic mass is 16.5. The largest absolute Gasteiger partial charge is 0.396 e. The zero-order chi connectivity index (χ0) is 10.8. The van der Waals surface area contributed by atoms with Crippen molar-refractivity contribution in [3.8, 4) is 0 Å². The Balaban J connectivity index is 3.52. The molecule has 0 aliphatic carbocycles. The Morgan fingerprint density at radius 3 is 2.50 bits per heavy atom. The van der Waals surface area contributed by atoms with Gasteiger partial charge in [0.2, 0.25) is 0 Å². The number of ether oxygens (including phenoxy) is 1. The molecule has 1 unspecified atom stereocenters. The number of nitrogens with one attached hydrogen (secondary N) is 1. The highest BCUT2D eigenvalue weighted by Gasteiger charge is 2.11. The van der Waals surface area contributed by atoms with Gasteiger partial charge in [-0.3, -0.25) is 0 Å². The fourth-order valence-electron chi connectivity index (χ4n) is 1.26. The van der Waals surface area contributed by atoms with E-state index in [-0.39, 0.29) is 0 Å². The summed E-state index contributed by atoms with van der Waals surface area (Å²) in [5.41, 5.74) is 0. The Bertz CT molecular complexity index is 118. The third-order valence-corrected chi connectivity index (χ3v) is 2.30. The quantitative estimate of drug-likeness (QED) is 0.557. The van der Waals surface area contributed by atoms with Gasteiger partial charge in [0.15, 0.2) is 0 Å². The van der Waals surface area contributed by atoms with E-state index in [2.05, 4.69) is 19.2 Å². The molecule has 0 amide bonds. The number of aliphatic hydroxyl groups is 1. The molecule has 0 saturated carbocycles. The van der Waals surface area contributed by atoms with Crippen LogP contribution >= 0.6 is 0 Å². The van der Waals surface area contributed by atoms with Gasteiger partial charge in [0.05, 0.1) is 6.61 Å². The number of rotatable bonds is 9. The molecule has 0 rings (SSSR count). The predicted octanol–water partition coefficient (Wildman–Crippen LogP) is 1.41. The summed E-state index contributed by atoms with van der Waals surface area (Å²) in [5, 5.41) is 12.1. The lowest BCUT2D eigenvalue weighted by Crippen LogP contribution is -2.38. The van der Waals surface area contributed by atoms with Crippen molar-refractivity contribution in [2.75, 3.05) is 26.4 Å². The maximum Gasteiger partial charge on any atom is 0.0621 e. The topological polar surface area (TPSA) is 41.5 Å². The molecule has 2 N–H and O–H groups in total. The molecule has 0 fully saturated rings. The SMILES string of the molecule is CCOCC(NCCCCO)C(C)C. The maximum atomic E-state index is 8.63. The molecule has 1 atom stereocenters. The smallest absolute Gasteiger partial charge is 0.0621 e. The summed E-state index contributed by atoms with van der Waals surface area (Å²) in [7, 11) is 0. The van der Waals surface area contributed by atoms with Crippen LogP contribution in [0.1, 0.15) is 33.6 Å². The van der Waals surface area contributed by atoms with Crippen molar-refractivity contribution in [3.63, 3.8) is 0 Å². The van der Waals surface area contributed by atoms with E-state index >= 15 is 0 Å². The van der Waals surface area contributed by atoms with Crippen molar-refractivity contribution in [1.82, 2.24) is 5.32 Å². The second kappa shape index (κ2) is 9.44.